The molecule has 5 nitrogen and oxygen atoms in total. The van der Waals surface area contributed by atoms with Gasteiger partial charge in [0.25, 0.3) is 0 Å². The minimum atomic E-state index is -0.896. The van der Waals surface area contributed by atoms with Crippen LogP contribution in [0.3, 0.4) is 0 Å². The maximum Gasteiger partial charge on any atom is 0.325 e. The minimum absolute atomic E-state index is 0.0771. The molecule has 0 saturated heterocycles. The fourth-order valence-electron chi connectivity index (χ4n) is 1.26. The van der Waals surface area contributed by atoms with Crippen LogP contribution >= 0.6 is 0 Å². The van der Waals surface area contributed by atoms with Crippen molar-refractivity contribution < 1.29 is 14.7 Å². The molecule has 0 unspecified atom stereocenters. The van der Waals surface area contributed by atoms with Crippen molar-refractivity contribution in [3.05, 3.63) is 29.8 Å². The molecule has 3 N–H and O–H groups in total. The summed E-state index contributed by atoms with van der Waals surface area (Å²) in [6, 6.07) is 6.63. The molecule has 0 aromatic heterocycles. The number of nitrogens with one attached hydrogen (secondary N) is 2. The number of carboxylic acid groups (broad SMARTS) is 1. The van der Waals surface area contributed by atoms with Gasteiger partial charge in [-0.3, -0.25) is 9.59 Å². The van der Waals surface area contributed by atoms with Gasteiger partial charge in [-0.1, -0.05) is 12.1 Å². The Labute approximate surface area is 99.8 Å². The molecule has 0 aliphatic heterocycles. The fraction of sp³-hybridized carbons (Fsp3) is 0.333. The summed E-state index contributed by atoms with van der Waals surface area (Å²) in [5.41, 5.74) is 1.71. The Morgan fingerprint density at radius 1 is 1.29 bits per heavy atom. The summed E-state index contributed by atoms with van der Waals surface area (Å²) in [6.45, 7) is 3.52. The molecule has 0 aliphatic carbocycles. The maximum atomic E-state index is 10.7. The Morgan fingerprint density at radius 3 is 2.35 bits per heavy atom. The molecule has 1 amide bonds. The Kier molecular flexibility index (Phi) is 4.51. The summed E-state index contributed by atoms with van der Waals surface area (Å²) in [7, 11) is 0. The Hall–Kier alpha value is -2.04. The molecule has 0 radical (unpaired) electrons. The lowest BCUT2D eigenvalue weighted by atomic mass is 10.2. The minimum Gasteiger partial charge on any atom is -0.480 e. The van der Waals surface area contributed by atoms with E-state index < -0.39 is 12.0 Å². The molecule has 0 heterocycles. The zero-order valence-corrected chi connectivity index (χ0v) is 9.86. The van der Waals surface area contributed by atoms with Gasteiger partial charge in [0, 0.05) is 19.2 Å². The quantitative estimate of drug-likeness (QED) is 0.718. The topological polar surface area (TPSA) is 78.4 Å². The first-order valence-electron chi connectivity index (χ1n) is 5.32. The molecule has 0 saturated carbocycles. The van der Waals surface area contributed by atoms with Crippen molar-refractivity contribution in [1.29, 1.82) is 0 Å². The highest BCUT2D eigenvalue weighted by molar-refractivity contribution is 5.76. The number of carbonyl (C=O) groups excluding carboxylic acids is 1. The van der Waals surface area contributed by atoms with Gasteiger partial charge in [-0.2, -0.15) is 0 Å². The number of carboxylic acids is 1. The van der Waals surface area contributed by atoms with Crippen LogP contribution in [0.1, 0.15) is 19.4 Å². The van der Waals surface area contributed by atoms with Gasteiger partial charge in [0.2, 0.25) is 5.91 Å². The lowest BCUT2D eigenvalue weighted by molar-refractivity contribution is -0.137. The van der Waals surface area contributed by atoms with E-state index in [0.717, 1.165) is 11.3 Å². The second-order valence-corrected chi connectivity index (χ2v) is 3.81. The first-order valence-corrected chi connectivity index (χ1v) is 5.32. The van der Waals surface area contributed by atoms with E-state index in [1.54, 1.807) is 19.1 Å². The van der Waals surface area contributed by atoms with E-state index in [9.17, 15) is 9.59 Å². The number of hydrogen-bond acceptors (Lipinski definition) is 3. The normalized spacial score (nSPS) is 11.6. The van der Waals surface area contributed by atoms with E-state index >= 15 is 0 Å². The van der Waals surface area contributed by atoms with Crippen molar-refractivity contribution in [2.24, 2.45) is 0 Å². The molecule has 17 heavy (non-hydrogen) atoms. The standard InChI is InChI=1S/C12H16N2O3/c1-8(12(16)17)14-11-5-3-10(4-6-11)7-13-9(2)15/h3-6,8,14H,7H2,1-2H3,(H,13,15)(H,16,17)/t8-/m0/s1. The number of anilines is 1. The van der Waals surface area contributed by atoms with E-state index in [4.69, 9.17) is 5.11 Å². The summed E-state index contributed by atoms with van der Waals surface area (Å²) >= 11 is 0. The molecule has 5 heteroatoms. The lowest BCUT2D eigenvalue weighted by Gasteiger charge is -2.11. The molecular formula is C12H16N2O3. The third-order valence-corrected chi connectivity index (χ3v) is 2.25. The first kappa shape index (κ1) is 13.0. The first-order chi connectivity index (χ1) is 7.99. The van der Waals surface area contributed by atoms with E-state index in [-0.39, 0.29) is 5.91 Å². The Bertz CT molecular complexity index is 401. The molecule has 0 spiro atoms. The highest BCUT2D eigenvalue weighted by atomic mass is 16.4. The van der Waals surface area contributed by atoms with E-state index in [1.807, 2.05) is 12.1 Å². The molecule has 1 rings (SSSR count). The summed E-state index contributed by atoms with van der Waals surface area (Å²) in [6.07, 6.45) is 0. The highest BCUT2D eigenvalue weighted by Gasteiger charge is 2.09. The summed E-state index contributed by atoms with van der Waals surface area (Å²) in [5, 5.41) is 14.3. The number of rotatable bonds is 5. The van der Waals surface area contributed by atoms with Crippen molar-refractivity contribution in [2.75, 3.05) is 5.32 Å². The number of benzene rings is 1. The molecule has 1 aromatic carbocycles. The van der Waals surface area contributed by atoms with E-state index in [2.05, 4.69) is 10.6 Å². The lowest BCUT2D eigenvalue weighted by Crippen LogP contribution is -2.25. The average Bonchev–Trinajstić information content (AvgIpc) is 2.28. The molecule has 1 atom stereocenters. The van der Waals surface area contributed by atoms with Gasteiger partial charge in [0.05, 0.1) is 0 Å². The highest BCUT2D eigenvalue weighted by Crippen LogP contribution is 2.10. The maximum absolute atomic E-state index is 10.7. The number of amides is 1. The van der Waals surface area contributed by atoms with Gasteiger partial charge in [-0.25, -0.2) is 0 Å². The second-order valence-electron chi connectivity index (χ2n) is 3.81. The molecule has 0 aliphatic rings. The predicted molar refractivity (Wildman–Crippen MR) is 64.7 cm³/mol. The van der Waals surface area contributed by atoms with Crippen LogP contribution < -0.4 is 10.6 Å². The third-order valence-electron chi connectivity index (χ3n) is 2.25. The van der Waals surface area contributed by atoms with Gasteiger partial charge in [-0.15, -0.1) is 0 Å². The smallest absolute Gasteiger partial charge is 0.325 e. The van der Waals surface area contributed by atoms with Crippen molar-refractivity contribution in [2.45, 2.75) is 26.4 Å². The zero-order chi connectivity index (χ0) is 12.8. The molecule has 0 fully saturated rings. The van der Waals surface area contributed by atoms with Crippen molar-refractivity contribution in [1.82, 2.24) is 5.32 Å². The van der Waals surface area contributed by atoms with Crippen molar-refractivity contribution in [3.63, 3.8) is 0 Å². The predicted octanol–water partition coefficient (Wildman–Crippen LogP) is 1.21. The second kappa shape index (κ2) is 5.89. The van der Waals surface area contributed by atoms with Crippen LogP contribution in [0.25, 0.3) is 0 Å². The number of carbonyl (C=O) groups is 2. The fourth-order valence-corrected chi connectivity index (χ4v) is 1.26. The van der Waals surface area contributed by atoms with Crippen LogP contribution in [-0.2, 0) is 16.1 Å². The van der Waals surface area contributed by atoms with Crippen LogP contribution in [0.2, 0.25) is 0 Å². The Balaban J connectivity index is 2.55. The summed E-state index contributed by atoms with van der Waals surface area (Å²) in [4.78, 5) is 21.4. The van der Waals surface area contributed by atoms with Crippen LogP contribution in [-0.4, -0.2) is 23.0 Å². The monoisotopic (exact) mass is 236 g/mol. The van der Waals surface area contributed by atoms with Crippen LogP contribution in [0.4, 0.5) is 5.69 Å². The van der Waals surface area contributed by atoms with Gasteiger partial charge in [-0.05, 0) is 24.6 Å². The van der Waals surface area contributed by atoms with Crippen molar-refractivity contribution in [3.8, 4) is 0 Å². The van der Waals surface area contributed by atoms with Crippen molar-refractivity contribution >= 4 is 17.6 Å². The van der Waals surface area contributed by atoms with Gasteiger partial charge in [0.15, 0.2) is 0 Å². The third kappa shape index (κ3) is 4.55. The van der Waals surface area contributed by atoms with Gasteiger partial charge < -0.3 is 15.7 Å². The SMILES string of the molecule is CC(=O)NCc1ccc(N[C@@H](C)C(=O)O)cc1. The van der Waals surface area contributed by atoms with Gasteiger partial charge in [0.1, 0.15) is 6.04 Å². The van der Waals surface area contributed by atoms with Crippen LogP contribution in [0, 0.1) is 0 Å². The molecule has 0 bridgehead atoms. The molecule has 92 valence electrons. The Morgan fingerprint density at radius 2 is 1.88 bits per heavy atom. The summed E-state index contributed by atoms with van der Waals surface area (Å²) < 4.78 is 0. The zero-order valence-electron chi connectivity index (χ0n) is 9.86. The van der Waals surface area contributed by atoms with E-state index in [0.29, 0.717) is 6.54 Å². The average molecular weight is 236 g/mol. The molecular weight excluding hydrogens is 220 g/mol. The van der Waals surface area contributed by atoms with E-state index in [1.165, 1.54) is 6.92 Å². The summed E-state index contributed by atoms with van der Waals surface area (Å²) in [5.74, 6) is -0.973. The largest absolute Gasteiger partial charge is 0.480 e. The number of aliphatic carboxylic acids is 1. The van der Waals surface area contributed by atoms with Gasteiger partial charge >= 0.3 is 5.97 Å². The molecule has 1 aromatic rings. The van der Waals surface area contributed by atoms with Crippen LogP contribution in [0.15, 0.2) is 24.3 Å². The number of hydrogen-bond donors (Lipinski definition) is 3. The van der Waals surface area contributed by atoms with Crippen LogP contribution in [0.5, 0.6) is 0 Å².